The Hall–Kier alpha value is -1.51. The quantitative estimate of drug-likeness (QED) is 0.708. The molecule has 0 heterocycles. The second kappa shape index (κ2) is 5.39. The molecule has 1 rings (SSSR count). The number of rotatable bonds is 4. The molecule has 0 amide bonds. The lowest BCUT2D eigenvalue weighted by Crippen LogP contribution is -2.37. The fourth-order valence-corrected chi connectivity index (χ4v) is 1.31. The molecule has 0 N–H and O–H groups in total. The molecular weight excluding hydrogens is 190 g/mol. The van der Waals surface area contributed by atoms with Crippen molar-refractivity contribution in [2.24, 2.45) is 0 Å². The first-order valence-corrected chi connectivity index (χ1v) is 5.11. The van der Waals surface area contributed by atoms with E-state index in [4.69, 9.17) is 4.74 Å². The third kappa shape index (κ3) is 2.98. The molecule has 0 saturated carbocycles. The van der Waals surface area contributed by atoms with E-state index in [-0.39, 0.29) is 12.0 Å². The standard InChI is InChI=1S/C12H17NO2/c1-4-15-12(14)10(2)13(3)11-8-6-5-7-9-11/h5-10H,4H2,1-3H3/t10-/m1/s1. The third-order valence-corrected chi connectivity index (χ3v) is 2.37. The molecule has 1 aromatic rings. The Bertz CT molecular complexity index is 311. The van der Waals surface area contributed by atoms with Gasteiger partial charge in [0.25, 0.3) is 0 Å². The predicted octanol–water partition coefficient (Wildman–Crippen LogP) is 2.07. The Morgan fingerprint density at radius 2 is 2.00 bits per heavy atom. The number of carbonyl (C=O) groups excluding carboxylic acids is 1. The lowest BCUT2D eigenvalue weighted by atomic mass is 10.2. The highest BCUT2D eigenvalue weighted by Gasteiger charge is 2.18. The highest BCUT2D eigenvalue weighted by atomic mass is 16.5. The molecular formula is C12H17NO2. The Balaban J connectivity index is 2.68. The summed E-state index contributed by atoms with van der Waals surface area (Å²) in [5.74, 6) is -0.191. The van der Waals surface area contributed by atoms with Crippen LogP contribution in [0.5, 0.6) is 0 Å². The van der Waals surface area contributed by atoms with Gasteiger partial charge in [0.15, 0.2) is 0 Å². The number of hydrogen-bond donors (Lipinski definition) is 0. The number of para-hydroxylation sites is 1. The number of ether oxygens (including phenoxy) is 1. The van der Waals surface area contributed by atoms with Gasteiger partial charge in [0.05, 0.1) is 6.61 Å². The zero-order valence-electron chi connectivity index (χ0n) is 9.43. The normalized spacial score (nSPS) is 11.9. The first-order valence-electron chi connectivity index (χ1n) is 5.11. The highest BCUT2D eigenvalue weighted by molar-refractivity contribution is 5.79. The number of anilines is 1. The van der Waals surface area contributed by atoms with Crippen LogP contribution in [0.3, 0.4) is 0 Å². The lowest BCUT2D eigenvalue weighted by Gasteiger charge is -2.25. The molecule has 0 aliphatic carbocycles. The van der Waals surface area contributed by atoms with Crippen molar-refractivity contribution in [3.05, 3.63) is 30.3 Å². The van der Waals surface area contributed by atoms with Crippen LogP contribution in [0.1, 0.15) is 13.8 Å². The van der Waals surface area contributed by atoms with E-state index in [0.717, 1.165) is 5.69 Å². The Morgan fingerprint density at radius 3 is 2.53 bits per heavy atom. The number of likely N-dealkylation sites (N-methyl/N-ethyl adjacent to an activating group) is 1. The SMILES string of the molecule is CCOC(=O)[C@@H](C)N(C)c1ccccc1. The fourth-order valence-electron chi connectivity index (χ4n) is 1.31. The van der Waals surface area contributed by atoms with Crippen LogP contribution >= 0.6 is 0 Å². The molecule has 3 heteroatoms. The van der Waals surface area contributed by atoms with E-state index in [9.17, 15) is 4.79 Å². The molecule has 82 valence electrons. The number of benzene rings is 1. The maximum Gasteiger partial charge on any atom is 0.328 e. The molecule has 1 atom stereocenters. The van der Waals surface area contributed by atoms with Crippen LogP contribution < -0.4 is 4.90 Å². The largest absolute Gasteiger partial charge is 0.464 e. The Labute approximate surface area is 90.7 Å². The minimum absolute atomic E-state index is 0.191. The highest BCUT2D eigenvalue weighted by Crippen LogP contribution is 2.14. The van der Waals surface area contributed by atoms with Gasteiger partial charge < -0.3 is 9.64 Å². The van der Waals surface area contributed by atoms with Gasteiger partial charge in [-0.2, -0.15) is 0 Å². The molecule has 0 radical (unpaired) electrons. The molecule has 0 aliphatic rings. The number of carbonyl (C=O) groups is 1. The van der Waals surface area contributed by atoms with Crippen molar-refractivity contribution in [2.75, 3.05) is 18.6 Å². The Morgan fingerprint density at radius 1 is 1.40 bits per heavy atom. The van der Waals surface area contributed by atoms with Crippen molar-refractivity contribution in [3.8, 4) is 0 Å². The fraction of sp³-hybridized carbons (Fsp3) is 0.417. The van der Waals surface area contributed by atoms with Gasteiger partial charge in [0.2, 0.25) is 0 Å². The van der Waals surface area contributed by atoms with E-state index >= 15 is 0 Å². The van der Waals surface area contributed by atoms with Gasteiger partial charge >= 0.3 is 5.97 Å². The van der Waals surface area contributed by atoms with Crippen LogP contribution in [0.2, 0.25) is 0 Å². The van der Waals surface area contributed by atoms with Crippen LogP contribution in [0, 0.1) is 0 Å². The smallest absolute Gasteiger partial charge is 0.328 e. The van der Waals surface area contributed by atoms with Gasteiger partial charge in [-0.25, -0.2) is 4.79 Å². The van der Waals surface area contributed by atoms with Crippen molar-refractivity contribution >= 4 is 11.7 Å². The van der Waals surface area contributed by atoms with Gasteiger partial charge in [0.1, 0.15) is 6.04 Å². The van der Waals surface area contributed by atoms with Crippen LogP contribution in [0.15, 0.2) is 30.3 Å². The van der Waals surface area contributed by atoms with E-state index in [0.29, 0.717) is 6.61 Å². The van der Waals surface area contributed by atoms with Crippen LogP contribution in [0.25, 0.3) is 0 Å². The van der Waals surface area contributed by atoms with Crippen molar-refractivity contribution in [1.29, 1.82) is 0 Å². The summed E-state index contributed by atoms with van der Waals surface area (Å²) < 4.78 is 4.97. The van der Waals surface area contributed by atoms with Gasteiger partial charge in [-0.1, -0.05) is 18.2 Å². The van der Waals surface area contributed by atoms with E-state index < -0.39 is 0 Å². The summed E-state index contributed by atoms with van der Waals surface area (Å²) in [5.41, 5.74) is 1.01. The minimum Gasteiger partial charge on any atom is -0.464 e. The van der Waals surface area contributed by atoms with Gasteiger partial charge in [-0.3, -0.25) is 0 Å². The molecule has 0 saturated heterocycles. The zero-order chi connectivity index (χ0) is 11.3. The molecule has 0 aliphatic heterocycles. The summed E-state index contributed by atoms with van der Waals surface area (Å²) in [6, 6.07) is 9.53. The maximum absolute atomic E-state index is 11.5. The van der Waals surface area contributed by atoms with E-state index in [1.54, 1.807) is 0 Å². The summed E-state index contributed by atoms with van der Waals surface area (Å²) in [4.78, 5) is 13.4. The number of esters is 1. The summed E-state index contributed by atoms with van der Waals surface area (Å²) in [5, 5.41) is 0. The van der Waals surface area contributed by atoms with Crippen LogP contribution in [-0.4, -0.2) is 25.7 Å². The monoisotopic (exact) mass is 207 g/mol. The van der Waals surface area contributed by atoms with Gasteiger partial charge in [0, 0.05) is 12.7 Å². The van der Waals surface area contributed by atoms with Gasteiger partial charge in [-0.15, -0.1) is 0 Å². The minimum atomic E-state index is -0.257. The summed E-state index contributed by atoms with van der Waals surface area (Å²) in [6.07, 6.45) is 0. The molecule has 0 bridgehead atoms. The molecule has 0 unspecified atom stereocenters. The van der Waals surface area contributed by atoms with Crippen LogP contribution in [-0.2, 0) is 9.53 Å². The van der Waals surface area contributed by atoms with Crippen molar-refractivity contribution < 1.29 is 9.53 Å². The lowest BCUT2D eigenvalue weighted by molar-refractivity contribution is -0.144. The predicted molar refractivity (Wildman–Crippen MR) is 60.9 cm³/mol. The average molecular weight is 207 g/mol. The van der Waals surface area contributed by atoms with Crippen molar-refractivity contribution in [1.82, 2.24) is 0 Å². The molecule has 0 aromatic heterocycles. The topological polar surface area (TPSA) is 29.5 Å². The third-order valence-electron chi connectivity index (χ3n) is 2.37. The summed E-state index contributed by atoms with van der Waals surface area (Å²) >= 11 is 0. The van der Waals surface area contributed by atoms with E-state index in [1.165, 1.54) is 0 Å². The van der Waals surface area contributed by atoms with Crippen molar-refractivity contribution in [3.63, 3.8) is 0 Å². The zero-order valence-corrected chi connectivity index (χ0v) is 9.43. The Kier molecular flexibility index (Phi) is 4.16. The van der Waals surface area contributed by atoms with Crippen LogP contribution in [0.4, 0.5) is 5.69 Å². The second-order valence-corrected chi connectivity index (χ2v) is 3.37. The number of hydrogen-bond acceptors (Lipinski definition) is 3. The molecule has 0 spiro atoms. The summed E-state index contributed by atoms with van der Waals surface area (Å²) in [6.45, 7) is 4.07. The number of nitrogens with zero attached hydrogens (tertiary/aromatic N) is 1. The first kappa shape index (κ1) is 11.6. The molecule has 15 heavy (non-hydrogen) atoms. The van der Waals surface area contributed by atoms with Gasteiger partial charge in [-0.05, 0) is 26.0 Å². The van der Waals surface area contributed by atoms with E-state index in [2.05, 4.69) is 0 Å². The second-order valence-electron chi connectivity index (χ2n) is 3.37. The van der Waals surface area contributed by atoms with Crippen molar-refractivity contribution in [2.45, 2.75) is 19.9 Å². The maximum atomic E-state index is 11.5. The molecule has 3 nitrogen and oxygen atoms in total. The molecule has 1 aromatic carbocycles. The summed E-state index contributed by atoms with van der Waals surface area (Å²) in [7, 11) is 1.89. The molecule has 0 fully saturated rings. The average Bonchev–Trinajstić information content (AvgIpc) is 2.28. The first-order chi connectivity index (χ1) is 7.16. The van der Waals surface area contributed by atoms with E-state index in [1.807, 2.05) is 56.1 Å².